The van der Waals surface area contributed by atoms with E-state index in [4.69, 9.17) is 16.3 Å². The standard InChI is InChI=1S/C18H27ClN4O2/c1-14(22-7-9-25-10-8-22)12-20-17-16(19)11-15(13-21-17)18(24)23-5-3-2-4-6-23/h11,13-14H,2-10,12H2,1H3,(H,20,21). The quantitative estimate of drug-likeness (QED) is 0.867. The number of aromatic nitrogens is 1. The van der Waals surface area contributed by atoms with Crippen LogP contribution in [0.15, 0.2) is 12.3 Å². The van der Waals surface area contributed by atoms with Crippen molar-refractivity contribution in [1.82, 2.24) is 14.8 Å². The molecule has 0 saturated carbocycles. The number of halogens is 1. The van der Waals surface area contributed by atoms with E-state index in [2.05, 4.69) is 22.1 Å². The second kappa shape index (κ2) is 8.83. The maximum absolute atomic E-state index is 12.5. The molecule has 0 aliphatic carbocycles. The van der Waals surface area contributed by atoms with Crippen LogP contribution in [0, 0.1) is 0 Å². The minimum absolute atomic E-state index is 0.0299. The van der Waals surface area contributed by atoms with E-state index in [0.29, 0.717) is 22.4 Å². The lowest BCUT2D eigenvalue weighted by Gasteiger charge is -2.32. The summed E-state index contributed by atoms with van der Waals surface area (Å²) >= 11 is 6.35. The third kappa shape index (κ3) is 4.84. The van der Waals surface area contributed by atoms with E-state index in [1.165, 1.54) is 6.42 Å². The Balaban J connectivity index is 1.56. The Hall–Kier alpha value is -1.37. The van der Waals surface area contributed by atoms with E-state index in [1.807, 2.05) is 4.90 Å². The number of piperidine rings is 1. The molecule has 1 aromatic rings. The van der Waals surface area contributed by atoms with Crippen molar-refractivity contribution >= 4 is 23.3 Å². The first kappa shape index (κ1) is 18.4. The van der Waals surface area contributed by atoms with Crippen molar-refractivity contribution in [2.75, 3.05) is 51.3 Å². The van der Waals surface area contributed by atoms with Crippen LogP contribution in [0.3, 0.4) is 0 Å². The number of nitrogens with zero attached hydrogens (tertiary/aromatic N) is 3. The van der Waals surface area contributed by atoms with Gasteiger partial charge in [0.05, 0.1) is 23.8 Å². The molecule has 138 valence electrons. The summed E-state index contributed by atoms with van der Waals surface area (Å²) < 4.78 is 5.39. The van der Waals surface area contributed by atoms with Crippen molar-refractivity contribution in [3.8, 4) is 0 Å². The number of anilines is 1. The number of hydrogen-bond acceptors (Lipinski definition) is 5. The molecule has 1 unspecified atom stereocenters. The number of hydrogen-bond donors (Lipinski definition) is 1. The molecule has 2 aliphatic rings. The number of rotatable bonds is 5. The molecular formula is C18H27ClN4O2. The lowest BCUT2D eigenvalue weighted by atomic mass is 10.1. The molecule has 1 amide bonds. The molecule has 0 bridgehead atoms. The minimum Gasteiger partial charge on any atom is -0.379 e. The van der Waals surface area contributed by atoms with Crippen LogP contribution >= 0.6 is 11.6 Å². The molecule has 1 atom stereocenters. The molecule has 2 fully saturated rings. The molecule has 3 rings (SSSR count). The Bertz CT molecular complexity index is 586. The fourth-order valence-electron chi connectivity index (χ4n) is 3.36. The van der Waals surface area contributed by atoms with E-state index >= 15 is 0 Å². The van der Waals surface area contributed by atoms with Gasteiger partial charge in [0, 0.05) is 45.0 Å². The summed E-state index contributed by atoms with van der Waals surface area (Å²) in [5.74, 6) is 0.666. The number of carbonyl (C=O) groups is 1. The number of amides is 1. The Morgan fingerprint density at radius 1 is 1.28 bits per heavy atom. The lowest BCUT2D eigenvalue weighted by molar-refractivity contribution is 0.0227. The summed E-state index contributed by atoms with van der Waals surface area (Å²) in [7, 11) is 0. The van der Waals surface area contributed by atoms with E-state index in [0.717, 1.165) is 58.8 Å². The van der Waals surface area contributed by atoms with Gasteiger partial charge in [-0.25, -0.2) is 4.98 Å². The van der Waals surface area contributed by atoms with E-state index in [9.17, 15) is 4.79 Å². The van der Waals surface area contributed by atoms with Crippen LogP contribution in [0.2, 0.25) is 5.02 Å². The van der Waals surface area contributed by atoms with Crippen LogP contribution in [0.4, 0.5) is 5.82 Å². The van der Waals surface area contributed by atoms with Gasteiger partial charge in [-0.3, -0.25) is 9.69 Å². The van der Waals surface area contributed by atoms with Crippen molar-refractivity contribution < 1.29 is 9.53 Å². The molecule has 1 aromatic heterocycles. The van der Waals surface area contributed by atoms with Crippen molar-refractivity contribution in [3.63, 3.8) is 0 Å². The van der Waals surface area contributed by atoms with Gasteiger partial charge < -0.3 is 15.0 Å². The average Bonchev–Trinajstić information content (AvgIpc) is 2.67. The first-order valence-electron chi connectivity index (χ1n) is 9.15. The largest absolute Gasteiger partial charge is 0.379 e. The van der Waals surface area contributed by atoms with Crippen molar-refractivity contribution in [1.29, 1.82) is 0 Å². The lowest BCUT2D eigenvalue weighted by Crippen LogP contribution is -2.45. The third-order valence-corrected chi connectivity index (χ3v) is 5.25. The molecule has 6 nitrogen and oxygen atoms in total. The molecule has 0 spiro atoms. The van der Waals surface area contributed by atoms with E-state index in [-0.39, 0.29) is 5.91 Å². The zero-order chi connectivity index (χ0) is 17.6. The highest BCUT2D eigenvalue weighted by Gasteiger charge is 2.20. The molecule has 3 heterocycles. The number of morpholine rings is 1. The number of pyridine rings is 1. The van der Waals surface area contributed by atoms with Crippen LogP contribution in [0.25, 0.3) is 0 Å². The van der Waals surface area contributed by atoms with Gasteiger partial charge in [-0.15, -0.1) is 0 Å². The van der Waals surface area contributed by atoms with Gasteiger partial charge in [-0.2, -0.15) is 0 Å². The molecule has 1 N–H and O–H groups in total. The molecule has 0 aromatic carbocycles. The Kier molecular flexibility index (Phi) is 6.51. The molecule has 2 saturated heterocycles. The fourth-order valence-corrected chi connectivity index (χ4v) is 3.59. The average molecular weight is 367 g/mol. The van der Waals surface area contributed by atoms with Crippen LogP contribution in [0.5, 0.6) is 0 Å². The van der Waals surface area contributed by atoms with Crippen LogP contribution < -0.4 is 5.32 Å². The Morgan fingerprint density at radius 2 is 2.00 bits per heavy atom. The summed E-state index contributed by atoms with van der Waals surface area (Å²) in [6.07, 6.45) is 4.98. The van der Waals surface area contributed by atoms with E-state index in [1.54, 1.807) is 12.3 Å². The Morgan fingerprint density at radius 3 is 2.68 bits per heavy atom. The van der Waals surface area contributed by atoms with Crippen molar-refractivity contribution in [3.05, 3.63) is 22.8 Å². The summed E-state index contributed by atoms with van der Waals surface area (Å²) in [4.78, 5) is 21.2. The van der Waals surface area contributed by atoms with E-state index < -0.39 is 0 Å². The smallest absolute Gasteiger partial charge is 0.255 e. The maximum atomic E-state index is 12.5. The highest BCUT2D eigenvalue weighted by Crippen LogP contribution is 2.22. The molecule has 2 aliphatic heterocycles. The minimum atomic E-state index is 0.0299. The summed E-state index contributed by atoms with van der Waals surface area (Å²) in [5, 5.41) is 3.80. The van der Waals surface area contributed by atoms with Crippen LogP contribution in [-0.4, -0.2) is 72.7 Å². The number of carbonyl (C=O) groups excluding carboxylic acids is 1. The van der Waals surface area contributed by atoms with Gasteiger partial charge in [0.2, 0.25) is 0 Å². The van der Waals surface area contributed by atoms with Gasteiger partial charge in [0.25, 0.3) is 5.91 Å². The van der Waals surface area contributed by atoms with Crippen molar-refractivity contribution in [2.24, 2.45) is 0 Å². The van der Waals surface area contributed by atoms with Gasteiger partial charge >= 0.3 is 0 Å². The fraction of sp³-hybridized carbons (Fsp3) is 0.667. The van der Waals surface area contributed by atoms with Crippen molar-refractivity contribution in [2.45, 2.75) is 32.2 Å². The summed E-state index contributed by atoms with van der Waals surface area (Å²) in [5.41, 5.74) is 0.568. The summed E-state index contributed by atoms with van der Waals surface area (Å²) in [6.45, 7) is 8.07. The predicted molar refractivity (Wildman–Crippen MR) is 99.3 cm³/mol. The monoisotopic (exact) mass is 366 g/mol. The second-order valence-electron chi connectivity index (χ2n) is 6.79. The summed E-state index contributed by atoms with van der Waals surface area (Å²) in [6, 6.07) is 2.10. The number of nitrogens with one attached hydrogen (secondary N) is 1. The predicted octanol–water partition coefficient (Wildman–Crippen LogP) is 2.49. The Labute approximate surface area is 154 Å². The maximum Gasteiger partial charge on any atom is 0.255 e. The van der Waals surface area contributed by atoms with Gasteiger partial charge in [-0.1, -0.05) is 11.6 Å². The number of ether oxygens (including phenoxy) is 1. The molecule has 7 heteroatoms. The first-order chi connectivity index (χ1) is 12.1. The highest BCUT2D eigenvalue weighted by molar-refractivity contribution is 6.33. The SMILES string of the molecule is CC(CNc1ncc(C(=O)N2CCCCC2)cc1Cl)N1CCOCC1. The highest BCUT2D eigenvalue weighted by atomic mass is 35.5. The van der Waals surface area contributed by atoms with Crippen LogP contribution in [-0.2, 0) is 4.74 Å². The number of likely N-dealkylation sites (tertiary alicyclic amines) is 1. The normalized spacial score (nSPS) is 20.3. The zero-order valence-corrected chi connectivity index (χ0v) is 15.6. The molecule has 0 radical (unpaired) electrons. The molecule has 25 heavy (non-hydrogen) atoms. The second-order valence-corrected chi connectivity index (χ2v) is 7.19. The first-order valence-corrected chi connectivity index (χ1v) is 9.53. The van der Waals surface area contributed by atoms with Gasteiger partial charge in [-0.05, 0) is 32.3 Å². The third-order valence-electron chi connectivity index (χ3n) is 4.97. The molecular weight excluding hydrogens is 340 g/mol. The topological polar surface area (TPSA) is 57.7 Å². The van der Waals surface area contributed by atoms with Crippen LogP contribution in [0.1, 0.15) is 36.5 Å². The van der Waals surface area contributed by atoms with Gasteiger partial charge in [0.1, 0.15) is 5.82 Å². The zero-order valence-electron chi connectivity index (χ0n) is 14.8. The van der Waals surface area contributed by atoms with Gasteiger partial charge in [0.15, 0.2) is 0 Å².